The van der Waals surface area contributed by atoms with E-state index in [0.29, 0.717) is 16.9 Å². The highest BCUT2D eigenvalue weighted by Gasteiger charge is 2.14. The summed E-state index contributed by atoms with van der Waals surface area (Å²) in [6, 6.07) is 5.23. The molecule has 0 amide bonds. The number of carbonyl (C=O) groups is 1. The topological polar surface area (TPSA) is 75.3 Å². The van der Waals surface area contributed by atoms with E-state index in [1.165, 1.54) is 6.07 Å². The Labute approximate surface area is 130 Å². The fourth-order valence-electron chi connectivity index (χ4n) is 1.85. The van der Waals surface area contributed by atoms with Crippen LogP contribution in [0.4, 0.5) is 21.5 Å². The zero-order valence-corrected chi connectivity index (χ0v) is 12.4. The van der Waals surface area contributed by atoms with Crippen LogP contribution >= 0.6 is 23.2 Å². The minimum Gasteiger partial charge on any atom is -0.478 e. The molecule has 0 saturated heterocycles. The minimum absolute atomic E-state index is 0.0353. The van der Waals surface area contributed by atoms with E-state index in [-0.39, 0.29) is 21.3 Å². The molecule has 4 nitrogen and oxygen atoms in total. The number of carboxylic acid groups (broad SMARTS) is 1. The van der Waals surface area contributed by atoms with Gasteiger partial charge in [-0.1, -0.05) is 23.2 Å². The van der Waals surface area contributed by atoms with Gasteiger partial charge in [0.15, 0.2) is 0 Å². The van der Waals surface area contributed by atoms with Crippen LogP contribution in [0.25, 0.3) is 0 Å². The Morgan fingerprint density at radius 1 is 1.24 bits per heavy atom. The zero-order chi connectivity index (χ0) is 15.7. The average molecular weight is 329 g/mol. The van der Waals surface area contributed by atoms with Gasteiger partial charge in [-0.2, -0.15) is 0 Å². The molecule has 0 saturated carbocycles. The monoisotopic (exact) mass is 328 g/mol. The van der Waals surface area contributed by atoms with Crippen molar-refractivity contribution in [1.29, 1.82) is 0 Å². The summed E-state index contributed by atoms with van der Waals surface area (Å²) in [7, 11) is 0. The third kappa shape index (κ3) is 3.20. The Kier molecular flexibility index (Phi) is 4.25. The molecule has 4 N–H and O–H groups in total. The molecule has 0 aliphatic rings. The average Bonchev–Trinajstić information content (AvgIpc) is 2.37. The Morgan fingerprint density at radius 3 is 2.33 bits per heavy atom. The highest BCUT2D eigenvalue weighted by Crippen LogP contribution is 2.35. The van der Waals surface area contributed by atoms with Crippen molar-refractivity contribution in [1.82, 2.24) is 0 Å². The smallest absolute Gasteiger partial charge is 0.337 e. The third-order valence-corrected chi connectivity index (χ3v) is 3.49. The standard InChI is InChI=1S/C14H11Cl2FN2O2/c1-6-2-8(5-9(12(6)18)14(20)21)19-13-10(15)3-7(17)4-11(13)16/h2-5,19H,18H2,1H3,(H,20,21). The summed E-state index contributed by atoms with van der Waals surface area (Å²) in [6.07, 6.45) is 0. The molecule has 0 unspecified atom stereocenters. The lowest BCUT2D eigenvalue weighted by Gasteiger charge is -2.13. The lowest BCUT2D eigenvalue weighted by Crippen LogP contribution is -2.06. The van der Waals surface area contributed by atoms with E-state index in [1.807, 2.05) is 0 Å². The van der Waals surface area contributed by atoms with E-state index in [9.17, 15) is 9.18 Å². The van der Waals surface area contributed by atoms with Gasteiger partial charge in [-0.3, -0.25) is 0 Å². The van der Waals surface area contributed by atoms with Gasteiger partial charge in [-0.05, 0) is 36.8 Å². The summed E-state index contributed by atoms with van der Waals surface area (Å²) < 4.78 is 13.1. The summed E-state index contributed by atoms with van der Waals surface area (Å²) in [5.41, 5.74) is 7.19. The molecule has 7 heteroatoms. The molecule has 0 aliphatic carbocycles. The van der Waals surface area contributed by atoms with Crippen molar-refractivity contribution < 1.29 is 14.3 Å². The van der Waals surface area contributed by atoms with Crippen LogP contribution in [0.15, 0.2) is 24.3 Å². The van der Waals surface area contributed by atoms with Crippen LogP contribution in [0.1, 0.15) is 15.9 Å². The highest BCUT2D eigenvalue weighted by molar-refractivity contribution is 6.39. The van der Waals surface area contributed by atoms with Gasteiger partial charge in [0.2, 0.25) is 0 Å². The molecule has 2 aromatic carbocycles. The number of aromatic carboxylic acids is 1. The Balaban J connectivity index is 2.48. The van der Waals surface area contributed by atoms with Crippen molar-refractivity contribution in [2.24, 2.45) is 0 Å². The predicted molar refractivity (Wildman–Crippen MR) is 82.3 cm³/mol. The third-order valence-electron chi connectivity index (χ3n) is 2.89. The number of halogens is 3. The second-order valence-corrected chi connectivity index (χ2v) is 5.24. The SMILES string of the molecule is Cc1cc(Nc2c(Cl)cc(F)cc2Cl)cc(C(=O)O)c1N. The summed E-state index contributed by atoms with van der Waals surface area (Å²) in [4.78, 5) is 11.1. The van der Waals surface area contributed by atoms with E-state index in [2.05, 4.69) is 5.32 Å². The molecule has 0 fully saturated rings. The van der Waals surface area contributed by atoms with Crippen molar-refractivity contribution in [3.63, 3.8) is 0 Å². The van der Waals surface area contributed by atoms with Crippen molar-refractivity contribution >= 4 is 46.2 Å². The number of hydrogen-bond acceptors (Lipinski definition) is 3. The van der Waals surface area contributed by atoms with Gasteiger partial charge in [-0.25, -0.2) is 9.18 Å². The summed E-state index contributed by atoms with van der Waals surface area (Å²) >= 11 is 11.9. The number of nitrogen functional groups attached to an aromatic ring is 1. The number of anilines is 3. The van der Waals surface area contributed by atoms with Crippen LogP contribution in [0.3, 0.4) is 0 Å². The van der Waals surface area contributed by atoms with E-state index >= 15 is 0 Å². The highest BCUT2D eigenvalue weighted by atomic mass is 35.5. The molecule has 0 heterocycles. The molecule has 0 atom stereocenters. The predicted octanol–water partition coefficient (Wildman–Crippen LogP) is 4.46. The first-order valence-electron chi connectivity index (χ1n) is 5.84. The van der Waals surface area contributed by atoms with Crippen LogP contribution in [-0.4, -0.2) is 11.1 Å². The molecule has 0 aromatic heterocycles. The van der Waals surface area contributed by atoms with Crippen molar-refractivity contribution in [2.45, 2.75) is 6.92 Å². The first kappa shape index (κ1) is 15.4. The lowest BCUT2D eigenvalue weighted by atomic mass is 10.1. The minimum atomic E-state index is -1.14. The van der Waals surface area contributed by atoms with E-state index in [4.69, 9.17) is 34.0 Å². The molecule has 2 aromatic rings. The molecule has 110 valence electrons. The summed E-state index contributed by atoms with van der Waals surface area (Å²) in [6.45, 7) is 1.68. The number of hydrogen-bond donors (Lipinski definition) is 3. The summed E-state index contributed by atoms with van der Waals surface area (Å²) in [5.74, 6) is -1.70. The normalized spacial score (nSPS) is 10.5. The number of benzene rings is 2. The van der Waals surface area contributed by atoms with Gasteiger partial charge in [-0.15, -0.1) is 0 Å². The zero-order valence-electron chi connectivity index (χ0n) is 10.9. The Hall–Kier alpha value is -1.98. The van der Waals surface area contributed by atoms with Crippen LogP contribution in [0, 0.1) is 12.7 Å². The summed E-state index contributed by atoms with van der Waals surface area (Å²) in [5, 5.41) is 12.2. The van der Waals surface area contributed by atoms with Crippen molar-refractivity contribution in [3.8, 4) is 0 Å². The Morgan fingerprint density at radius 2 is 1.81 bits per heavy atom. The first-order valence-corrected chi connectivity index (χ1v) is 6.60. The second kappa shape index (κ2) is 5.79. The maximum absolute atomic E-state index is 13.1. The van der Waals surface area contributed by atoms with Gasteiger partial charge in [0, 0.05) is 11.4 Å². The van der Waals surface area contributed by atoms with Crippen molar-refractivity contribution in [3.05, 3.63) is 51.3 Å². The fourth-order valence-corrected chi connectivity index (χ4v) is 2.41. The maximum Gasteiger partial charge on any atom is 0.337 e. The van der Waals surface area contributed by atoms with E-state index in [1.54, 1.807) is 13.0 Å². The van der Waals surface area contributed by atoms with Gasteiger partial charge in [0.05, 0.1) is 21.3 Å². The molecular formula is C14H11Cl2FN2O2. The largest absolute Gasteiger partial charge is 0.478 e. The molecule has 0 radical (unpaired) electrons. The van der Waals surface area contributed by atoms with Crippen LogP contribution in [0.2, 0.25) is 10.0 Å². The maximum atomic E-state index is 13.1. The second-order valence-electron chi connectivity index (χ2n) is 4.43. The molecule has 21 heavy (non-hydrogen) atoms. The molecule has 0 bridgehead atoms. The van der Waals surface area contributed by atoms with Gasteiger partial charge in [0.1, 0.15) is 5.82 Å². The molecule has 2 rings (SSSR count). The lowest BCUT2D eigenvalue weighted by molar-refractivity contribution is 0.0698. The fraction of sp³-hybridized carbons (Fsp3) is 0.0714. The van der Waals surface area contributed by atoms with Crippen LogP contribution in [0.5, 0.6) is 0 Å². The van der Waals surface area contributed by atoms with E-state index in [0.717, 1.165) is 12.1 Å². The molecular weight excluding hydrogens is 318 g/mol. The van der Waals surface area contributed by atoms with Gasteiger partial charge < -0.3 is 16.2 Å². The number of nitrogens with one attached hydrogen (secondary N) is 1. The van der Waals surface area contributed by atoms with Crippen LogP contribution < -0.4 is 11.1 Å². The number of nitrogens with two attached hydrogens (primary N) is 1. The first-order chi connectivity index (χ1) is 9.79. The molecule has 0 spiro atoms. The van der Waals surface area contributed by atoms with Crippen LogP contribution in [-0.2, 0) is 0 Å². The van der Waals surface area contributed by atoms with Gasteiger partial charge in [0.25, 0.3) is 0 Å². The Bertz CT molecular complexity index is 712. The number of rotatable bonds is 3. The number of aryl methyl sites for hydroxylation is 1. The van der Waals surface area contributed by atoms with E-state index < -0.39 is 11.8 Å². The quantitative estimate of drug-likeness (QED) is 0.727. The number of carboxylic acids is 1. The van der Waals surface area contributed by atoms with Gasteiger partial charge >= 0.3 is 5.97 Å². The van der Waals surface area contributed by atoms with Crippen molar-refractivity contribution in [2.75, 3.05) is 11.1 Å². The molecule has 0 aliphatic heterocycles.